The summed E-state index contributed by atoms with van der Waals surface area (Å²) in [6.07, 6.45) is 5.01. The van der Waals surface area contributed by atoms with E-state index in [4.69, 9.17) is 0 Å². The summed E-state index contributed by atoms with van der Waals surface area (Å²) in [5, 5.41) is 9.33. The summed E-state index contributed by atoms with van der Waals surface area (Å²) in [7, 11) is -2.95. The summed E-state index contributed by atoms with van der Waals surface area (Å²) in [5.41, 5.74) is 0. The maximum absolute atomic E-state index is 11.4. The lowest BCUT2D eigenvalue weighted by Gasteiger charge is -2.23. The lowest BCUT2D eigenvalue weighted by atomic mass is 9.94. The first-order valence-corrected chi connectivity index (χ1v) is 8.59. The number of sulfone groups is 1. The Balaban J connectivity index is 1.93. The fraction of sp³-hybridized carbons (Fsp3) is 0.917. The number of fused-ring (bicyclic) bond motifs is 1. The van der Waals surface area contributed by atoms with Gasteiger partial charge in [0.05, 0.1) is 5.75 Å². The standard InChI is InChI=1S/C12H21NO4S/c1-18(16,17)7-3-6-13-8-9-4-2-5-10(9)11(13)12(14)15/h9-11H,2-8H2,1H3,(H,14,15). The van der Waals surface area contributed by atoms with E-state index in [1.807, 2.05) is 4.90 Å². The van der Waals surface area contributed by atoms with Crippen LogP contribution >= 0.6 is 0 Å². The van der Waals surface area contributed by atoms with Gasteiger partial charge in [0.1, 0.15) is 15.9 Å². The Bertz CT molecular complexity index is 420. The van der Waals surface area contributed by atoms with Gasteiger partial charge in [0, 0.05) is 12.8 Å². The van der Waals surface area contributed by atoms with Crippen molar-refractivity contribution in [1.29, 1.82) is 0 Å². The highest BCUT2D eigenvalue weighted by atomic mass is 32.2. The van der Waals surface area contributed by atoms with Gasteiger partial charge in [0.2, 0.25) is 0 Å². The van der Waals surface area contributed by atoms with E-state index in [1.54, 1.807) is 0 Å². The minimum atomic E-state index is -2.95. The third-order valence-electron chi connectivity index (χ3n) is 4.20. The quantitative estimate of drug-likeness (QED) is 0.795. The van der Waals surface area contributed by atoms with Crippen molar-refractivity contribution in [3.8, 4) is 0 Å². The van der Waals surface area contributed by atoms with E-state index in [2.05, 4.69) is 0 Å². The molecule has 0 bridgehead atoms. The zero-order valence-corrected chi connectivity index (χ0v) is 11.5. The Morgan fingerprint density at radius 1 is 1.39 bits per heavy atom. The predicted octanol–water partition coefficient (Wildman–Crippen LogP) is 0.606. The number of rotatable bonds is 5. The Labute approximate surface area is 108 Å². The second-order valence-corrected chi connectivity index (χ2v) is 7.88. The van der Waals surface area contributed by atoms with Gasteiger partial charge in [-0.3, -0.25) is 9.69 Å². The lowest BCUT2D eigenvalue weighted by molar-refractivity contribution is -0.143. The molecule has 1 saturated carbocycles. The summed E-state index contributed by atoms with van der Waals surface area (Å²) in [4.78, 5) is 13.3. The van der Waals surface area contributed by atoms with Crippen LogP contribution in [-0.4, -0.2) is 55.5 Å². The molecule has 5 nitrogen and oxygen atoms in total. The summed E-state index contributed by atoms with van der Waals surface area (Å²) in [6, 6.07) is -0.392. The smallest absolute Gasteiger partial charge is 0.321 e. The van der Waals surface area contributed by atoms with Crippen LogP contribution in [0.15, 0.2) is 0 Å². The molecule has 3 unspecified atom stereocenters. The average molecular weight is 275 g/mol. The molecule has 1 heterocycles. The number of carboxylic acids is 1. The lowest BCUT2D eigenvalue weighted by Crippen LogP contribution is -2.40. The first kappa shape index (κ1) is 13.8. The van der Waals surface area contributed by atoms with Crippen molar-refractivity contribution in [2.45, 2.75) is 31.7 Å². The Kier molecular flexibility index (Phi) is 3.96. The van der Waals surface area contributed by atoms with Gasteiger partial charge in [-0.1, -0.05) is 6.42 Å². The highest BCUT2D eigenvalue weighted by molar-refractivity contribution is 7.90. The van der Waals surface area contributed by atoms with Crippen LogP contribution in [-0.2, 0) is 14.6 Å². The van der Waals surface area contributed by atoms with Crippen LogP contribution in [0.4, 0.5) is 0 Å². The molecular weight excluding hydrogens is 254 g/mol. The molecule has 0 spiro atoms. The number of nitrogens with zero attached hydrogens (tertiary/aromatic N) is 1. The molecule has 1 aliphatic heterocycles. The highest BCUT2D eigenvalue weighted by Crippen LogP contribution is 2.42. The first-order valence-electron chi connectivity index (χ1n) is 6.53. The molecular formula is C12H21NO4S. The van der Waals surface area contributed by atoms with Crippen molar-refractivity contribution < 1.29 is 18.3 Å². The summed E-state index contributed by atoms with van der Waals surface area (Å²) in [5.74, 6) is 0.180. The summed E-state index contributed by atoms with van der Waals surface area (Å²) in [6.45, 7) is 1.41. The molecule has 0 aromatic rings. The largest absolute Gasteiger partial charge is 0.480 e. The maximum atomic E-state index is 11.4. The van der Waals surface area contributed by atoms with Crippen LogP contribution < -0.4 is 0 Å². The number of carboxylic acid groups (broad SMARTS) is 1. The minimum absolute atomic E-state index is 0.144. The molecule has 2 fully saturated rings. The van der Waals surface area contributed by atoms with Crippen LogP contribution in [0.5, 0.6) is 0 Å². The van der Waals surface area contributed by atoms with Gasteiger partial charge >= 0.3 is 5.97 Å². The van der Waals surface area contributed by atoms with E-state index in [0.29, 0.717) is 18.9 Å². The second kappa shape index (κ2) is 5.17. The molecule has 6 heteroatoms. The van der Waals surface area contributed by atoms with Crippen molar-refractivity contribution in [1.82, 2.24) is 4.90 Å². The molecule has 3 atom stereocenters. The fourth-order valence-corrected chi connectivity index (χ4v) is 4.15. The third kappa shape index (κ3) is 3.03. The van der Waals surface area contributed by atoms with Crippen LogP contribution in [0.2, 0.25) is 0 Å². The molecule has 0 radical (unpaired) electrons. The van der Waals surface area contributed by atoms with Gasteiger partial charge in [0.25, 0.3) is 0 Å². The van der Waals surface area contributed by atoms with E-state index in [0.717, 1.165) is 25.8 Å². The minimum Gasteiger partial charge on any atom is -0.480 e. The summed E-state index contributed by atoms with van der Waals surface area (Å²) >= 11 is 0. The Hall–Kier alpha value is -0.620. The van der Waals surface area contributed by atoms with Crippen molar-refractivity contribution in [2.75, 3.05) is 25.1 Å². The van der Waals surface area contributed by atoms with Crippen molar-refractivity contribution in [3.05, 3.63) is 0 Å². The van der Waals surface area contributed by atoms with E-state index in [9.17, 15) is 18.3 Å². The second-order valence-electron chi connectivity index (χ2n) is 5.62. The molecule has 2 rings (SSSR count). The number of aliphatic carboxylic acids is 1. The van der Waals surface area contributed by atoms with Gasteiger partial charge in [-0.2, -0.15) is 0 Å². The van der Waals surface area contributed by atoms with Gasteiger partial charge in [-0.05, 0) is 37.6 Å². The normalized spacial score (nSPS) is 32.6. The number of carbonyl (C=O) groups is 1. The third-order valence-corrected chi connectivity index (χ3v) is 5.23. The van der Waals surface area contributed by atoms with E-state index >= 15 is 0 Å². The molecule has 0 aromatic carbocycles. The molecule has 1 saturated heterocycles. The van der Waals surface area contributed by atoms with Gasteiger partial charge in [0.15, 0.2) is 0 Å². The first-order chi connectivity index (χ1) is 8.38. The monoisotopic (exact) mass is 275 g/mol. The fourth-order valence-electron chi connectivity index (χ4n) is 3.49. The van der Waals surface area contributed by atoms with Gasteiger partial charge in [-0.15, -0.1) is 0 Å². The molecule has 18 heavy (non-hydrogen) atoms. The van der Waals surface area contributed by atoms with E-state index in [-0.39, 0.29) is 11.7 Å². The van der Waals surface area contributed by atoms with Crippen LogP contribution in [0.25, 0.3) is 0 Å². The molecule has 2 aliphatic rings. The van der Waals surface area contributed by atoms with Gasteiger partial charge in [-0.25, -0.2) is 8.42 Å². The molecule has 0 amide bonds. The summed E-state index contributed by atoms with van der Waals surface area (Å²) < 4.78 is 22.2. The van der Waals surface area contributed by atoms with Crippen molar-refractivity contribution in [2.24, 2.45) is 11.8 Å². The molecule has 1 aliphatic carbocycles. The highest BCUT2D eigenvalue weighted by Gasteiger charge is 2.47. The van der Waals surface area contributed by atoms with Crippen molar-refractivity contribution >= 4 is 15.8 Å². The topological polar surface area (TPSA) is 74.7 Å². The van der Waals surface area contributed by atoms with Crippen molar-refractivity contribution in [3.63, 3.8) is 0 Å². The van der Waals surface area contributed by atoms with E-state index < -0.39 is 21.8 Å². The number of hydrogen-bond donors (Lipinski definition) is 1. The van der Waals surface area contributed by atoms with Gasteiger partial charge < -0.3 is 5.11 Å². The van der Waals surface area contributed by atoms with Crippen LogP contribution in [0.1, 0.15) is 25.7 Å². The number of likely N-dealkylation sites (tertiary alicyclic amines) is 1. The SMILES string of the molecule is CS(=O)(=O)CCCN1CC2CCCC2C1C(=O)O. The number of hydrogen-bond acceptors (Lipinski definition) is 4. The van der Waals surface area contributed by atoms with Crippen LogP contribution in [0.3, 0.4) is 0 Å². The van der Waals surface area contributed by atoms with E-state index in [1.165, 1.54) is 6.26 Å². The zero-order valence-electron chi connectivity index (χ0n) is 10.7. The molecule has 104 valence electrons. The Morgan fingerprint density at radius 2 is 2.11 bits per heavy atom. The zero-order chi connectivity index (χ0) is 13.3. The molecule has 0 aromatic heterocycles. The predicted molar refractivity (Wildman–Crippen MR) is 68.2 cm³/mol. The average Bonchev–Trinajstić information content (AvgIpc) is 2.73. The molecule has 1 N–H and O–H groups in total. The Morgan fingerprint density at radius 3 is 2.72 bits per heavy atom. The maximum Gasteiger partial charge on any atom is 0.321 e. The van der Waals surface area contributed by atoms with Crippen LogP contribution in [0, 0.1) is 11.8 Å².